The Balaban J connectivity index is 2.52. The minimum absolute atomic E-state index is 0.221. The number of ether oxygens (including phenoxy) is 2. The average molecular weight is 447 g/mol. The first kappa shape index (κ1) is 20.8. The van der Waals surface area contributed by atoms with Gasteiger partial charge in [0.2, 0.25) is 0 Å². The monoisotopic (exact) mass is 446 g/mol. The molecule has 0 unspecified atom stereocenters. The molecule has 2 aromatic rings. The van der Waals surface area contributed by atoms with E-state index in [-0.39, 0.29) is 19.2 Å². The molecule has 0 bridgehead atoms. The molecular weight excluding hydrogens is 431 g/mol. The molecule has 138 valence electrons. The van der Waals surface area contributed by atoms with E-state index in [9.17, 15) is 14.6 Å². The summed E-state index contributed by atoms with van der Waals surface area (Å²) in [6, 6.07) is 10.2. The van der Waals surface area contributed by atoms with Crippen molar-refractivity contribution in [3.63, 3.8) is 0 Å². The van der Waals surface area contributed by atoms with Crippen molar-refractivity contribution in [3.8, 4) is 23.2 Å². The number of carbonyl (C=O) groups is 1. The third-order valence-corrected chi connectivity index (χ3v) is 4.27. The molecule has 6 nitrogen and oxygen atoms in total. The number of nitriles is 1. The molecule has 0 radical (unpaired) electrons. The molecule has 0 saturated carbocycles. The number of anilines is 1. The van der Waals surface area contributed by atoms with Gasteiger partial charge >= 0.3 is 167 Å². The van der Waals surface area contributed by atoms with E-state index in [0.717, 1.165) is 4.47 Å². The van der Waals surface area contributed by atoms with Gasteiger partial charge in [-0.05, 0) is 0 Å². The van der Waals surface area contributed by atoms with Gasteiger partial charge in [-0.1, -0.05) is 0 Å². The number of nitrogens with zero attached hydrogens (tertiary/aromatic N) is 1. The van der Waals surface area contributed by atoms with Crippen molar-refractivity contribution in [2.45, 2.75) is 13.8 Å². The molecule has 8 heteroatoms. The van der Waals surface area contributed by atoms with Gasteiger partial charge in [-0.15, -0.1) is 0 Å². The van der Waals surface area contributed by atoms with Gasteiger partial charge in [-0.25, -0.2) is 0 Å². The predicted molar refractivity (Wildman–Crippen MR) is 106 cm³/mol. The molecule has 0 aliphatic rings. The Bertz CT molecular complexity index is 1010. The van der Waals surface area contributed by atoms with Crippen LogP contribution in [-0.4, -0.2) is 19.1 Å². The Kier molecular flexibility index (Phi) is 7.69. The normalized spacial score (nSPS) is 9.70. The quantitative estimate of drug-likeness (QED) is 0.632. The van der Waals surface area contributed by atoms with Crippen LogP contribution in [0, 0.1) is 17.0 Å². The molecule has 0 aromatic heterocycles. The first-order valence-electron chi connectivity index (χ1n) is 8.07. The van der Waals surface area contributed by atoms with Crippen LogP contribution >= 0.6 is 23.8 Å². The van der Waals surface area contributed by atoms with Gasteiger partial charge in [0.15, 0.2) is 0 Å². The Labute approximate surface area is 166 Å². The Morgan fingerprint density at radius 3 is 2.59 bits per heavy atom. The summed E-state index contributed by atoms with van der Waals surface area (Å²) in [7, 11) is -0.358. The van der Waals surface area contributed by atoms with E-state index in [2.05, 4.69) is 26.9 Å². The molecule has 0 atom stereocenters. The molecule has 0 heterocycles. The third kappa shape index (κ3) is 5.02. The zero-order valence-corrected chi connectivity index (χ0v) is 17.2. The minimum atomic E-state index is -0.467. The van der Waals surface area contributed by atoms with Gasteiger partial charge in [0.1, 0.15) is 0 Å². The summed E-state index contributed by atoms with van der Waals surface area (Å²) < 4.78 is 23.0. The van der Waals surface area contributed by atoms with Gasteiger partial charge in [-0.3, -0.25) is 0 Å². The zero-order chi connectivity index (χ0) is 19.8. The number of rotatable bonds is 6. The van der Waals surface area contributed by atoms with Crippen LogP contribution in [0.25, 0.3) is 0 Å². The Hall–Kier alpha value is -2.51. The molecule has 0 spiro atoms. The third-order valence-electron chi connectivity index (χ3n) is 3.46. The summed E-state index contributed by atoms with van der Waals surface area (Å²) in [4.78, 5) is 12.8. The van der Waals surface area contributed by atoms with Crippen molar-refractivity contribution in [1.29, 1.82) is 5.26 Å². The van der Waals surface area contributed by atoms with Crippen molar-refractivity contribution in [3.05, 3.63) is 51.5 Å². The number of hydrogen-bond donors (Lipinski definition) is 1. The van der Waals surface area contributed by atoms with Crippen molar-refractivity contribution >= 4 is 35.4 Å². The molecule has 27 heavy (non-hydrogen) atoms. The SMILES string of the molecule is CCOc1ccc(C(=O)Nc2ccc(Br)cc2C#N)c(OCC)c1C#P=O. The van der Waals surface area contributed by atoms with E-state index in [4.69, 9.17) is 9.47 Å². The number of nitrogens with one attached hydrogen (secondary N) is 1. The fraction of sp³-hybridized carbons (Fsp3) is 0.211. The summed E-state index contributed by atoms with van der Waals surface area (Å²) in [6.07, 6.45) is 0. The fourth-order valence-corrected chi connectivity index (χ4v) is 3.04. The standard InChI is InChI=1S/C19H16BrN2O4P/c1-3-25-17-8-6-14(18(26-4-2)15(17)11-27-24)19(23)22-16-7-5-13(20)9-12(16)10-21/h5-9H,3-4H2,1-2H3,(H,22,23). The van der Waals surface area contributed by atoms with Crippen LogP contribution in [0.1, 0.15) is 35.3 Å². The predicted octanol–water partition coefficient (Wildman–Crippen LogP) is 4.97. The number of hydrogen-bond acceptors (Lipinski definition) is 5. The summed E-state index contributed by atoms with van der Waals surface area (Å²) >= 11 is 3.29. The van der Waals surface area contributed by atoms with Crippen LogP contribution < -0.4 is 14.8 Å². The number of amides is 1. The van der Waals surface area contributed by atoms with Crippen LogP contribution in [0.15, 0.2) is 34.8 Å². The molecule has 1 N–H and O–H groups in total. The van der Waals surface area contributed by atoms with Crippen LogP contribution in [0.4, 0.5) is 5.69 Å². The summed E-state index contributed by atoms with van der Waals surface area (Å²) in [5.74, 6) is 0.174. The van der Waals surface area contributed by atoms with E-state index in [1.165, 1.54) is 0 Å². The second-order valence-corrected chi connectivity index (χ2v) is 6.46. The van der Waals surface area contributed by atoms with Crippen molar-refractivity contribution in [2.75, 3.05) is 18.5 Å². The summed E-state index contributed by atoms with van der Waals surface area (Å²) in [5.41, 5.74) is 3.86. The second kappa shape index (κ2) is 9.99. The molecule has 2 rings (SSSR count). The van der Waals surface area contributed by atoms with Crippen LogP contribution in [0.5, 0.6) is 11.5 Å². The van der Waals surface area contributed by atoms with Crippen molar-refractivity contribution < 1.29 is 18.8 Å². The molecule has 0 aliphatic heterocycles. The summed E-state index contributed by atoms with van der Waals surface area (Å²) in [5, 5.41) is 12.0. The molecule has 2 aromatic carbocycles. The number of benzene rings is 2. The van der Waals surface area contributed by atoms with Gasteiger partial charge in [0.25, 0.3) is 0 Å². The number of carbonyl (C=O) groups excluding carboxylic acids is 1. The Morgan fingerprint density at radius 2 is 1.96 bits per heavy atom. The molecule has 0 saturated heterocycles. The van der Waals surface area contributed by atoms with E-state index in [0.29, 0.717) is 35.8 Å². The second-order valence-electron chi connectivity index (χ2n) is 5.14. The van der Waals surface area contributed by atoms with Gasteiger partial charge in [-0.2, -0.15) is 0 Å². The first-order valence-corrected chi connectivity index (χ1v) is 9.68. The Morgan fingerprint density at radius 1 is 1.22 bits per heavy atom. The number of halogens is 1. The topological polar surface area (TPSA) is 88.4 Å². The first-order chi connectivity index (χ1) is 13.0. The van der Waals surface area contributed by atoms with Crippen LogP contribution in [0.2, 0.25) is 0 Å². The zero-order valence-electron chi connectivity index (χ0n) is 14.7. The fourth-order valence-electron chi connectivity index (χ4n) is 2.37. The van der Waals surface area contributed by atoms with Gasteiger partial charge in [0.05, 0.1) is 0 Å². The maximum absolute atomic E-state index is 12.8. The van der Waals surface area contributed by atoms with Crippen LogP contribution in [0.3, 0.4) is 0 Å². The van der Waals surface area contributed by atoms with E-state index in [1.54, 1.807) is 37.3 Å². The van der Waals surface area contributed by atoms with Crippen molar-refractivity contribution in [1.82, 2.24) is 0 Å². The van der Waals surface area contributed by atoms with Gasteiger partial charge < -0.3 is 0 Å². The van der Waals surface area contributed by atoms with Crippen LogP contribution in [-0.2, 0) is 4.57 Å². The van der Waals surface area contributed by atoms with Gasteiger partial charge in [0, 0.05) is 0 Å². The maximum atomic E-state index is 12.8. The molecule has 0 aliphatic carbocycles. The average Bonchev–Trinajstić information content (AvgIpc) is 2.66. The van der Waals surface area contributed by atoms with E-state index in [1.807, 2.05) is 13.0 Å². The van der Waals surface area contributed by atoms with E-state index < -0.39 is 5.91 Å². The molecule has 0 fully saturated rings. The van der Waals surface area contributed by atoms with E-state index >= 15 is 0 Å². The summed E-state index contributed by atoms with van der Waals surface area (Å²) in [6.45, 7) is 4.28. The molecule has 1 amide bonds. The molecular formula is C19H16BrN2O4P. The van der Waals surface area contributed by atoms with Crippen molar-refractivity contribution in [2.24, 2.45) is 0 Å².